The van der Waals surface area contributed by atoms with Crippen molar-refractivity contribution >= 4 is 96.5 Å². The van der Waals surface area contributed by atoms with Gasteiger partial charge >= 0.3 is 0 Å². The fraction of sp³-hybridized carbons (Fsp3) is 0. The number of aromatic nitrogens is 3. The third-order valence-corrected chi connectivity index (χ3v) is 11.2. The number of hydrogen-bond acceptors (Lipinski definition) is 3. The lowest BCUT2D eigenvalue weighted by Crippen LogP contribution is -2.04. The molecule has 11 rings (SSSR count). The molecule has 0 aliphatic rings. The van der Waals surface area contributed by atoms with Crippen LogP contribution in [-0.4, -0.2) is 14.5 Å². The van der Waals surface area contributed by atoms with Crippen LogP contribution in [0.25, 0.3) is 102 Å². The number of benzene rings is 8. The molecule has 11 aromatic rings. The van der Waals surface area contributed by atoms with Gasteiger partial charge in [-0.15, -0.1) is 11.3 Å². The SMILES string of the molecule is c1ccc2c(-c3nc(-n4c5ccccc5c5c6ccc7ccccc7c6c6sc7ccccc7c6c54)nc4ccccc34)cccc2c1. The number of thiophene rings is 1. The maximum Gasteiger partial charge on any atom is 0.235 e. The molecule has 3 aromatic heterocycles. The fourth-order valence-corrected chi connectivity index (χ4v) is 9.22. The second kappa shape index (κ2) is 9.71. The van der Waals surface area contributed by atoms with Crippen molar-refractivity contribution in [3.05, 3.63) is 152 Å². The van der Waals surface area contributed by atoms with Crippen LogP contribution in [0.3, 0.4) is 0 Å². The first-order valence-corrected chi connectivity index (χ1v) is 17.1. The highest BCUT2D eigenvalue weighted by Crippen LogP contribution is 2.49. The van der Waals surface area contributed by atoms with Gasteiger partial charge in [-0.2, -0.15) is 0 Å². The molecular weight excluding hydrogens is 603 g/mol. The monoisotopic (exact) mass is 627 g/mol. The lowest BCUT2D eigenvalue weighted by Gasteiger charge is -2.14. The van der Waals surface area contributed by atoms with Crippen molar-refractivity contribution in [2.24, 2.45) is 0 Å². The van der Waals surface area contributed by atoms with E-state index in [1.807, 2.05) is 11.3 Å². The average Bonchev–Trinajstić information content (AvgIpc) is 3.70. The Balaban J connectivity index is 1.38. The molecule has 0 atom stereocenters. The fourth-order valence-electron chi connectivity index (χ4n) is 7.94. The van der Waals surface area contributed by atoms with E-state index in [1.54, 1.807) is 0 Å². The zero-order valence-corrected chi connectivity index (χ0v) is 26.5. The first-order chi connectivity index (χ1) is 23.8. The maximum absolute atomic E-state index is 5.52. The second-order valence-electron chi connectivity index (χ2n) is 12.5. The minimum atomic E-state index is 0.680. The molecule has 0 saturated carbocycles. The van der Waals surface area contributed by atoms with Crippen LogP contribution in [-0.2, 0) is 0 Å². The molecule has 222 valence electrons. The number of fused-ring (bicyclic) bond motifs is 14. The molecule has 0 fully saturated rings. The Kier molecular flexibility index (Phi) is 5.26. The Bertz CT molecular complexity index is 3120. The van der Waals surface area contributed by atoms with E-state index in [9.17, 15) is 0 Å². The summed E-state index contributed by atoms with van der Waals surface area (Å²) >= 11 is 1.88. The van der Waals surface area contributed by atoms with E-state index in [2.05, 4.69) is 156 Å². The zero-order valence-electron chi connectivity index (χ0n) is 25.7. The van der Waals surface area contributed by atoms with Crippen LogP contribution in [0.1, 0.15) is 0 Å². The molecule has 0 aliphatic heterocycles. The number of hydrogen-bond donors (Lipinski definition) is 0. The second-order valence-corrected chi connectivity index (χ2v) is 13.6. The van der Waals surface area contributed by atoms with Gasteiger partial charge in [-0.3, -0.25) is 4.57 Å². The standard InChI is InChI=1S/C44H25N3S/c1-3-15-28-26(12-1)14-11-20-30(28)41-31-17-5-8-21-35(31)45-44(46-41)47-36-22-9-6-18-32(36)38-34-25-24-27-13-2-4-16-29(27)39(34)43-40(42(38)47)33-19-7-10-23-37(33)48-43/h1-25H. The highest BCUT2D eigenvalue weighted by Gasteiger charge is 2.24. The smallest absolute Gasteiger partial charge is 0.235 e. The molecular formula is C44H25N3S. The van der Waals surface area contributed by atoms with Crippen molar-refractivity contribution < 1.29 is 0 Å². The summed E-state index contributed by atoms with van der Waals surface area (Å²) in [6.45, 7) is 0. The van der Waals surface area contributed by atoms with Crippen molar-refractivity contribution in [2.45, 2.75) is 0 Å². The number of nitrogens with zero attached hydrogens (tertiary/aromatic N) is 3. The van der Waals surface area contributed by atoms with E-state index in [0.717, 1.165) is 33.2 Å². The summed E-state index contributed by atoms with van der Waals surface area (Å²) in [4.78, 5) is 10.9. The Hall–Kier alpha value is -6.10. The Morgan fingerprint density at radius 1 is 0.438 bits per heavy atom. The van der Waals surface area contributed by atoms with Crippen molar-refractivity contribution in [2.75, 3.05) is 0 Å². The highest BCUT2D eigenvalue weighted by molar-refractivity contribution is 7.27. The zero-order chi connectivity index (χ0) is 31.3. The van der Waals surface area contributed by atoms with Gasteiger partial charge in [0, 0.05) is 47.3 Å². The van der Waals surface area contributed by atoms with E-state index in [1.165, 1.54) is 63.3 Å². The molecule has 0 amide bonds. The average molecular weight is 628 g/mol. The first kappa shape index (κ1) is 26.0. The van der Waals surface area contributed by atoms with E-state index < -0.39 is 0 Å². The van der Waals surface area contributed by atoms with Gasteiger partial charge in [0.2, 0.25) is 5.95 Å². The van der Waals surface area contributed by atoms with Gasteiger partial charge in [-0.05, 0) is 45.1 Å². The lowest BCUT2D eigenvalue weighted by atomic mass is 9.95. The minimum Gasteiger partial charge on any atom is -0.277 e. The van der Waals surface area contributed by atoms with E-state index in [-0.39, 0.29) is 0 Å². The summed E-state index contributed by atoms with van der Waals surface area (Å²) in [5.41, 5.74) is 5.23. The largest absolute Gasteiger partial charge is 0.277 e. The number of para-hydroxylation sites is 2. The van der Waals surface area contributed by atoms with Crippen molar-refractivity contribution in [1.82, 2.24) is 14.5 Å². The minimum absolute atomic E-state index is 0.680. The third kappa shape index (κ3) is 3.47. The highest BCUT2D eigenvalue weighted by atomic mass is 32.1. The molecule has 0 aliphatic carbocycles. The molecule has 0 N–H and O–H groups in total. The molecule has 0 unspecified atom stereocenters. The quantitative estimate of drug-likeness (QED) is 0.179. The summed E-state index contributed by atoms with van der Waals surface area (Å²) in [6, 6.07) is 54.4. The topological polar surface area (TPSA) is 30.7 Å². The third-order valence-electron chi connectivity index (χ3n) is 9.97. The van der Waals surface area contributed by atoms with E-state index in [4.69, 9.17) is 9.97 Å². The molecule has 4 heteroatoms. The van der Waals surface area contributed by atoms with Crippen LogP contribution < -0.4 is 0 Å². The van der Waals surface area contributed by atoms with Crippen LogP contribution in [0.5, 0.6) is 0 Å². The Morgan fingerprint density at radius 3 is 1.98 bits per heavy atom. The molecule has 8 aromatic carbocycles. The van der Waals surface area contributed by atoms with Gasteiger partial charge < -0.3 is 0 Å². The van der Waals surface area contributed by atoms with Crippen molar-refractivity contribution in [3.8, 4) is 17.2 Å². The normalized spacial score (nSPS) is 12.2. The van der Waals surface area contributed by atoms with E-state index >= 15 is 0 Å². The van der Waals surface area contributed by atoms with Crippen molar-refractivity contribution in [3.63, 3.8) is 0 Å². The predicted octanol–water partition coefficient (Wildman–Crippen LogP) is 12.2. The summed E-state index contributed by atoms with van der Waals surface area (Å²) in [6.07, 6.45) is 0. The van der Waals surface area contributed by atoms with Gasteiger partial charge in [0.15, 0.2) is 0 Å². The molecule has 0 bridgehead atoms. The molecule has 0 radical (unpaired) electrons. The lowest BCUT2D eigenvalue weighted by molar-refractivity contribution is 1.02. The first-order valence-electron chi connectivity index (χ1n) is 16.3. The maximum atomic E-state index is 5.52. The molecule has 0 saturated heterocycles. The van der Waals surface area contributed by atoms with Crippen LogP contribution >= 0.6 is 11.3 Å². The van der Waals surface area contributed by atoms with Crippen molar-refractivity contribution in [1.29, 1.82) is 0 Å². The number of rotatable bonds is 2. The van der Waals surface area contributed by atoms with Gasteiger partial charge in [0.25, 0.3) is 0 Å². The molecule has 3 heterocycles. The Morgan fingerprint density at radius 2 is 1.10 bits per heavy atom. The summed E-state index contributed by atoms with van der Waals surface area (Å²) < 4.78 is 4.92. The summed E-state index contributed by atoms with van der Waals surface area (Å²) in [7, 11) is 0. The van der Waals surface area contributed by atoms with Gasteiger partial charge in [-0.1, -0.05) is 133 Å². The van der Waals surface area contributed by atoms with Crippen LogP contribution in [0.2, 0.25) is 0 Å². The van der Waals surface area contributed by atoms with Gasteiger partial charge in [-0.25, -0.2) is 9.97 Å². The molecule has 48 heavy (non-hydrogen) atoms. The molecule has 3 nitrogen and oxygen atoms in total. The molecule has 0 spiro atoms. The van der Waals surface area contributed by atoms with Gasteiger partial charge in [0.1, 0.15) is 0 Å². The van der Waals surface area contributed by atoms with Gasteiger partial charge in [0.05, 0.1) is 22.2 Å². The summed E-state index contributed by atoms with van der Waals surface area (Å²) in [5, 5.41) is 13.5. The van der Waals surface area contributed by atoms with E-state index in [0.29, 0.717) is 5.95 Å². The summed E-state index contributed by atoms with van der Waals surface area (Å²) in [5.74, 6) is 0.680. The predicted molar refractivity (Wildman–Crippen MR) is 205 cm³/mol. The van der Waals surface area contributed by atoms with Crippen LogP contribution in [0.15, 0.2) is 152 Å². The van der Waals surface area contributed by atoms with Crippen LogP contribution in [0, 0.1) is 0 Å². The Labute approximate surface area is 278 Å². The van der Waals surface area contributed by atoms with Crippen LogP contribution in [0.4, 0.5) is 0 Å².